The molecule has 4 rings (SSSR count). The van der Waals surface area contributed by atoms with E-state index in [2.05, 4.69) is 30.4 Å². The summed E-state index contributed by atoms with van der Waals surface area (Å²) < 4.78 is 0. The van der Waals surface area contributed by atoms with Crippen molar-refractivity contribution in [2.75, 3.05) is 13.1 Å². The molecule has 2 heteroatoms. The molecule has 1 heterocycles. The molecule has 1 saturated heterocycles. The van der Waals surface area contributed by atoms with Crippen LogP contribution in [-0.4, -0.2) is 13.1 Å². The summed E-state index contributed by atoms with van der Waals surface area (Å²) in [6.07, 6.45) is 5.55. The van der Waals surface area contributed by atoms with E-state index in [0.717, 1.165) is 11.8 Å². The minimum atomic E-state index is 0. The predicted octanol–water partition coefficient (Wildman–Crippen LogP) is 3.63. The van der Waals surface area contributed by atoms with Crippen LogP contribution in [0.15, 0.2) is 18.2 Å². The number of nitrogens with one attached hydrogen (secondary N) is 1. The number of hydrogen-bond donors (Lipinski definition) is 1. The zero-order valence-corrected chi connectivity index (χ0v) is 11.9. The summed E-state index contributed by atoms with van der Waals surface area (Å²) in [6, 6.07) is 7.09. The highest BCUT2D eigenvalue weighted by molar-refractivity contribution is 5.85. The van der Waals surface area contributed by atoms with Gasteiger partial charge in [0.2, 0.25) is 0 Å². The van der Waals surface area contributed by atoms with Gasteiger partial charge in [-0.25, -0.2) is 0 Å². The monoisotopic (exact) mass is 263 g/mol. The van der Waals surface area contributed by atoms with Crippen LogP contribution in [0.4, 0.5) is 0 Å². The van der Waals surface area contributed by atoms with Crippen LogP contribution in [0.3, 0.4) is 0 Å². The van der Waals surface area contributed by atoms with Gasteiger partial charge in [0.25, 0.3) is 0 Å². The van der Waals surface area contributed by atoms with Gasteiger partial charge in [0.05, 0.1) is 0 Å². The van der Waals surface area contributed by atoms with Gasteiger partial charge in [-0.15, -0.1) is 12.4 Å². The summed E-state index contributed by atoms with van der Waals surface area (Å²) in [6.45, 7) is 4.88. The summed E-state index contributed by atoms with van der Waals surface area (Å²) in [5, 5.41) is 3.61. The van der Waals surface area contributed by atoms with Crippen LogP contribution in [0.5, 0.6) is 0 Å². The highest BCUT2D eigenvalue weighted by atomic mass is 35.5. The molecule has 0 aromatic heterocycles. The molecule has 1 saturated carbocycles. The first-order valence-electron chi connectivity index (χ1n) is 7.10. The maximum atomic E-state index is 3.61. The van der Waals surface area contributed by atoms with E-state index in [1.54, 1.807) is 16.7 Å². The molecular formula is C16H22ClN. The Hall–Kier alpha value is -0.530. The maximum absolute atomic E-state index is 3.61. The number of fused-ring (bicyclic) bond motifs is 3. The summed E-state index contributed by atoms with van der Waals surface area (Å²) >= 11 is 0. The average molecular weight is 264 g/mol. The second-order valence-electron chi connectivity index (χ2n) is 6.53. The topological polar surface area (TPSA) is 12.0 Å². The third-order valence-electron chi connectivity index (χ3n) is 5.31. The van der Waals surface area contributed by atoms with E-state index in [4.69, 9.17) is 0 Å². The van der Waals surface area contributed by atoms with Crippen molar-refractivity contribution < 1.29 is 0 Å². The van der Waals surface area contributed by atoms with E-state index in [9.17, 15) is 0 Å². The summed E-state index contributed by atoms with van der Waals surface area (Å²) in [5.74, 6) is 1.67. The molecule has 0 bridgehead atoms. The number of hydrogen-bond acceptors (Lipinski definition) is 1. The molecule has 0 radical (unpaired) electrons. The fourth-order valence-corrected chi connectivity index (χ4v) is 4.05. The van der Waals surface area contributed by atoms with Crippen LogP contribution in [-0.2, 0) is 6.42 Å². The Labute approximate surface area is 116 Å². The van der Waals surface area contributed by atoms with Gasteiger partial charge in [0, 0.05) is 19.0 Å². The Morgan fingerprint density at radius 3 is 2.78 bits per heavy atom. The Morgan fingerprint density at radius 2 is 2.00 bits per heavy atom. The summed E-state index contributed by atoms with van der Waals surface area (Å²) in [5.41, 5.74) is 5.61. The van der Waals surface area contributed by atoms with Crippen molar-refractivity contribution in [3.05, 3.63) is 34.9 Å². The SMILES string of the molecule is C[C@]12CCc3c(C4CC4)cccc3[C@@H]1CNC2.Cl. The molecule has 18 heavy (non-hydrogen) atoms. The molecule has 2 aliphatic carbocycles. The molecule has 2 fully saturated rings. The van der Waals surface area contributed by atoms with Gasteiger partial charge in [-0.2, -0.15) is 0 Å². The fourth-order valence-electron chi connectivity index (χ4n) is 4.05. The van der Waals surface area contributed by atoms with Crippen molar-refractivity contribution in [2.45, 2.75) is 44.4 Å². The van der Waals surface area contributed by atoms with Gasteiger partial charge >= 0.3 is 0 Å². The maximum Gasteiger partial charge on any atom is 0.00323 e. The average Bonchev–Trinajstić information content (AvgIpc) is 3.10. The summed E-state index contributed by atoms with van der Waals surface area (Å²) in [7, 11) is 0. The smallest absolute Gasteiger partial charge is 0.00323 e. The Bertz CT molecular complexity index is 466. The van der Waals surface area contributed by atoms with E-state index >= 15 is 0 Å². The summed E-state index contributed by atoms with van der Waals surface area (Å²) in [4.78, 5) is 0. The number of halogens is 1. The van der Waals surface area contributed by atoms with Crippen molar-refractivity contribution in [3.63, 3.8) is 0 Å². The zero-order valence-electron chi connectivity index (χ0n) is 11.0. The second-order valence-corrected chi connectivity index (χ2v) is 6.53. The van der Waals surface area contributed by atoms with Gasteiger partial charge in [-0.3, -0.25) is 0 Å². The highest BCUT2D eigenvalue weighted by Gasteiger charge is 2.44. The lowest BCUT2D eigenvalue weighted by molar-refractivity contribution is 0.277. The quantitative estimate of drug-likeness (QED) is 0.816. The molecular weight excluding hydrogens is 242 g/mol. The molecule has 1 aliphatic heterocycles. The lowest BCUT2D eigenvalue weighted by Crippen LogP contribution is -2.30. The molecule has 3 aliphatic rings. The highest BCUT2D eigenvalue weighted by Crippen LogP contribution is 2.51. The molecule has 1 aromatic rings. The predicted molar refractivity (Wildman–Crippen MR) is 77.7 cm³/mol. The van der Waals surface area contributed by atoms with Crippen LogP contribution >= 0.6 is 12.4 Å². The van der Waals surface area contributed by atoms with Crippen LogP contribution in [0.25, 0.3) is 0 Å². The number of benzene rings is 1. The fraction of sp³-hybridized carbons (Fsp3) is 0.625. The third kappa shape index (κ3) is 1.71. The molecule has 1 aromatic carbocycles. The van der Waals surface area contributed by atoms with Crippen molar-refractivity contribution >= 4 is 12.4 Å². The molecule has 0 spiro atoms. The molecule has 1 N–H and O–H groups in total. The zero-order chi connectivity index (χ0) is 11.5. The van der Waals surface area contributed by atoms with Crippen molar-refractivity contribution in [1.82, 2.24) is 5.32 Å². The third-order valence-corrected chi connectivity index (χ3v) is 5.31. The molecule has 0 unspecified atom stereocenters. The Morgan fingerprint density at radius 1 is 1.22 bits per heavy atom. The second kappa shape index (κ2) is 4.25. The minimum Gasteiger partial charge on any atom is -0.316 e. The van der Waals surface area contributed by atoms with Gasteiger partial charge < -0.3 is 5.32 Å². The van der Waals surface area contributed by atoms with E-state index in [-0.39, 0.29) is 12.4 Å². The van der Waals surface area contributed by atoms with Crippen LogP contribution in [0, 0.1) is 5.41 Å². The van der Waals surface area contributed by atoms with Crippen LogP contribution < -0.4 is 5.32 Å². The number of rotatable bonds is 1. The lowest BCUT2D eigenvalue weighted by atomic mass is 9.66. The van der Waals surface area contributed by atoms with E-state index in [0.29, 0.717) is 5.41 Å². The normalized spacial score (nSPS) is 33.5. The van der Waals surface area contributed by atoms with Crippen molar-refractivity contribution in [2.24, 2.45) is 5.41 Å². The van der Waals surface area contributed by atoms with E-state index < -0.39 is 0 Å². The molecule has 2 atom stereocenters. The van der Waals surface area contributed by atoms with E-state index in [1.165, 1.54) is 38.8 Å². The first-order valence-corrected chi connectivity index (χ1v) is 7.10. The van der Waals surface area contributed by atoms with Crippen LogP contribution in [0.2, 0.25) is 0 Å². The Kier molecular flexibility index (Phi) is 2.95. The van der Waals surface area contributed by atoms with Gasteiger partial charge in [0.1, 0.15) is 0 Å². The van der Waals surface area contributed by atoms with Gasteiger partial charge in [-0.1, -0.05) is 25.1 Å². The minimum absolute atomic E-state index is 0. The largest absolute Gasteiger partial charge is 0.316 e. The first kappa shape index (κ1) is 12.5. The molecule has 98 valence electrons. The molecule has 1 nitrogen and oxygen atoms in total. The molecule has 0 amide bonds. The van der Waals surface area contributed by atoms with Crippen LogP contribution in [0.1, 0.15) is 54.7 Å². The van der Waals surface area contributed by atoms with E-state index in [1.807, 2.05) is 0 Å². The standard InChI is InChI=1S/C16H21N.ClH/c1-16-8-7-13-12(11-5-6-11)3-2-4-14(13)15(16)9-17-10-16;/h2-4,11,15,17H,5-10H2,1H3;1H/t15-,16+;/m0./s1. The van der Waals surface area contributed by atoms with Gasteiger partial charge in [0.15, 0.2) is 0 Å². The van der Waals surface area contributed by atoms with Gasteiger partial charge in [-0.05, 0) is 53.7 Å². The van der Waals surface area contributed by atoms with Crippen molar-refractivity contribution in [1.29, 1.82) is 0 Å². The van der Waals surface area contributed by atoms with Crippen molar-refractivity contribution in [3.8, 4) is 0 Å². The Balaban J connectivity index is 0.000001000. The first-order chi connectivity index (χ1) is 8.28. The lowest BCUT2D eigenvalue weighted by Gasteiger charge is -2.38.